The van der Waals surface area contributed by atoms with Crippen molar-refractivity contribution in [1.82, 2.24) is 5.32 Å². The number of carbonyl (C=O) groups is 1. The van der Waals surface area contributed by atoms with Crippen molar-refractivity contribution in [2.45, 2.75) is 31.9 Å². The average Bonchev–Trinajstić information content (AvgIpc) is 2.26. The lowest BCUT2D eigenvalue weighted by Crippen LogP contribution is -2.46. The first kappa shape index (κ1) is 12.5. The molecule has 0 spiro atoms. The molecule has 0 atom stereocenters. The van der Waals surface area contributed by atoms with Crippen LogP contribution in [-0.4, -0.2) is 28.1 Å². The topological polar surface area (TPSA) is 92.5 Å². The van der Waals surface area contributed by atoms with Gasteiger partial charge in [0.15, 0.2) is 0 Å². The number of nitro groups is 1. The van der Waals surface area contributed by atoms with Crippen LogP contribution in [0.1, 0.15) is 28.8 Å². The maximum atomic E-state index is 11.8. The third kappa shape index (κ3) is 2.48. The zero-order chi connectivity index (χ0) is 13.3. The van der Waals surface area contributed by atoms with Crippen LogP contribution in [-0.2, 0) is 0 Å². The van der Waals surface area contributed by atoms with Gasteiger partial charge >= 0.3 is 0 Å². The molecule has 18 heavy (non-hydrogen) atoms. The number of aliphatic hydroxyl groups excluding tert-OH is 1. The van der Waals surface area contributed by atoms with Crippen molar-refractivity contribution in [3.63, 3.8) is 0 Å². The van der Waals surface area contributed by atoms with Crippen LogP contribution in [0.4, 0.5) is 5.69 Å². The van der Waals surface area contributed by atoms with E-state index in [1.165, 1.54) is 18.2 Å². The van der Waals surface area contributed by atoms with E-state index < -0.39 is 4.92 Å². The first-order valence-corrected chi connectivity index (χ1v) is 5.71. The fraction of sp³-hybridized carbons (Fsp3) is 0.417. The molecule has 1 amide bonds. The minimum absolute atomic E-state index is 0.00278. The van der Waals surface area contributed by atoms with Crippen LogP contribution in [0.25, 0.3) is 0 Å². The van der Waals surface area contributed by atoms with E-state index in [1.54, 1.807) is 6.92 Å². The third-order valence-electron chi connectivity index (χ3n) is 3.10. The van der Waals surface area contributed by atoms with Gasteiger partial charge in [-0.15, -0.1) is 0 Å². The van der Waals surface area contributed by atoms with Crippen LogP contribution in [0.15, 0.2) is 18.2 Å². The van der Waals surface area contributed by atoms with E-state index in [9.17, 15) is 14.9 Å². The smallest absolute Gasteiger partial charge is 0.272 e. The Hall–Kier alpha value is -1.95. The van der Waals surface area contributed by atoms with E-state index in [0.29, 0.717) is 24.0 Å². The number of hydrogen-bond donors (Lipinski definition) is 2. The van der Waals surface area contributed by atoms with Crippen LogP contribution < -0.4 is 5.32 Å². The van der Waals surface area contributed by atoms with E-state index in [-0.39, 0.29) is 23.7 Å². The van der Waals surface area contributed by atoms with E-state index in [1.807, 2.05) is 0 Å². The fourth-order valence-electron chi connectivity index (χ4n) is 1.98. The zero-order valence-corrected chi connectivity index (χ0v) is 9.92. The van der Waals surface area contributed by atoms with Crippen LogP contribution in [0, 0.1) is 17.0 Å². The van der Waals surface area contributed by atoms with E-state index in [4.69, 9.17) is 5.11 Å². The molecule has 1 aliphatic carbocycles. The van der Waals surface area contributed by atoms with E-state index >= 15 is 0 Å². The molecule has 1 saturated carbocycles. The largest absolute Gasteiger partial charge is 0.393 e. The van der Waals surface area contributed by atoms with Crippen molar-refractivity contribution in [3.05, 3.63) is 39.4 Å². The maximum Gasteiger partial charge on any atom is 0.272 e. The monoisotopic (exact) mass is 250 g/mol. The van der Waals surface area contributed by atoms with Crippen molar-refractivity contribution in [2.75, 3.05) is 0 Å². The highest BCUT2D eigenvalue weighted by atomic mass is 16.6. The van der Waals surface area contributed by atoms with Gasteiger partial charge < -0.3 is 10.4 Å². The second-order valence-electron chi connectivity index (χ2n) is 4.55. The number of nitrogens with zero attached hydrogens (tertiary/aromatic N) is 1. The Labute approximate surface area is 104 Å². The van der Waals surface area contributed by atoms with Gasteiger partial charge in [-0.2, -0.15) is 0 Å². The summed E-state index contributed by atoms with van der Waals surface area (Å²) >= 11 is 0. The van der Waals surface area contributed by atoms with Gasteiger partial charge in [-0.25, -0.2) is 0 Å². The molecule has 96 valence electrons. The van der Waals surface area contributed by atoms with E-state index in [0.717, 1.165) is 0 Å². The Morgan fingerprint density at radius 2 is 2.17 bits per heavy atom. The molecule has 0 aliphatic heterocycles. The van der Waals surface area contributed by atoms with Crippen molar-refractivity contribution in [2.24, 2.45) is 0 Å². The Morgan fingerprint density at radius 3 is 2.67 bits per heavy atom. The Morgan fingerprint density at radius 1 is 1.50 bits per heavy atom. The second kappa shape index (κ2) is 4.73. The van der Waals surface area contributed by atoms with Crippen LogP contribution in [0.5, 0.6) is 0 Å². The highest BCUT2D eigenvalue weighted by Crippen LogP contribution is 2.21. The molecule has 0 unspecified atom stereocenters. The predicted octanol–water partition coefficient (Wildman–Crippen LogP) is 1.16. The lowest BCUT2D eigenvalue weighted by Gasteiger charge is -2.31. The number of nitro benzene ring substituents is 1. The molecule has 6 nitrogen and oxygen atoms in total. The highest BCUT2D eigenvalue weighted by molar-refractivity contribution is 5.95. The molecular formula is C12H14N2O4. The Bertz CT molecular complexity index is 495. The molecule has 0 bridgehead atoms. The number of aliphatic hydroxyl groups is 1. The zero-order valence-electron chi connectivity index (χ0n) is 9.92. The summed E-state index contributed by atoms with van der Waals surface area (Å²) in [6.45, 7) is 1.60. The van der Waals surface area contributed by atoms with Gasteiger partial charge in [0.2, 0.25) is 0 Å². The maximum absolute atomic E-state index is 11.8. The standard InChI is InChI=1S/C12H14N2O4/c1-7-4-8(2-3-11(7)14(17)18)12(16)13-9-5-10(15)6-9/h2-4,9-10,15H,5-6H2,1H3,(H,13,16). The van der Waals surface area contributed by atoms with Crippen LogP contribution >= 0.6 is 0 Å². The normalized spacial score (nSPS) is 22.1. The fourth-order valence-corrected chi connectivity index (χ4v) is 1.98. The Balaban J connectivity index is 2.07. The molecule has 0 aromatic heterocycles. The molecule has 1 aliphatic rings. The summed E-state index contributed by atoms with van der Waals surface area (Å²) in [7, 11) is 0. The number of hydrogen-bond acceptors (Lipinski definition) is 4. The number of amides is 1. The third-order valence-corrected chi connectivity index (χ3v) is 3.10. The van der Waals surface area contributed by atoms with Gasteiger partial charge in [-0.3, -0.25) is 14.9 Å². The lowest BCUT2D eigenvalue weighted by molar-refractivity contribution is -0.385. The summed E-state index contributed by atoms with van der Waals surface area (Å²) in [6, 6.07) is 4.28. The van der Waals surface area contributed by atoms with Crippen LogP contribution in [0.3, 0.4) is 0 Å². The number of rotatable bonds is 3. The number of aryl methyl sites for hydroxylation is 1. The summed E-state index contributed by atoms with van der Waals surface area (Å²) in [5, 5.41) is 22.5. The van der Waals surface area contributed by atoms with Crippen molar-refractivity contribution in [3.8, 4) is 0 Å². The summed E-state index contributed by atoms with van der Waals surface area (Å²) in [4.78, 5) is 22.0. The van der Waals surface area contributed by atoms with Gasteiger partial charge in [0.25, 0.3) is 11.6 Å². The molecular weight excluding hydrogens is 236 g/mol. The lowest BCUT2D eigenvalue weighted by atomic mass is 9.89. The molecule has 0 heterocycles. The Kier molecular flexibility index (Phi) is 3.29. The molecule has 0 radical (unpaired) electrons. The molecule has 6 heteroatoms. The minimum Gasteiger partial charge on any atom is -0.393 e. The predicted molar refractivity (Wildman–Crippen MR) is 64.3 cm³/mol. The summed E-state index contributed by atoms with van der Waals surface area (Å²) in [5.41, 5.74) is 0.867. The van der Waals surface area contributed by atoms with Crippen molar-refractivity contribution >= 4 is 11.6 Å². The van der Waals surface area contributed by atoms with Gasteiger partial charge in [-0.1, -0.05) is 0 Å². The highest BCUT2D eigenvalue weighted by Gasteiger charge is 2.28. The van der Waals surface area contributed by atoms with Gasteiger partial charge in [0.1, 0.15) is 0 Å². The number of carbonyl (C=O) groups excluding carboxylic acids is 1. The first-order chi connectivity index (χ1) is 8.47. The summed E-state index contributed by atoms with van der Waals surface area (Å²) in [6.07, 6.45) is 0.809. The number of nitrogens with one attached hydrogen (secondary N) is 1. The molecule has 2 N–H and O–H groups in total. The average molecular weight is 250 g/mol. The second-order valence-corrected chi connectivity index (χ2v) is 4.55. The van der Waals surface area contributed by atoms with Gasteiger partial charge in [0, 0.05) is 23.2 Å². The van der Waals surface area contributed by atoms with Crippen LogP contribution in [0.2, 0.25) is 0 Å². The summed E-state index contributed by atoms with van der Waals surface area (Å²) < 4.78 is 0. The van der Waals surface area contributed by atoms with E-state index in [2.05, 4.69) is 5.32 Å². The molecule has 1 aromatic rings. The van der Waals surface area contributed by atoms with Gasteiger partial charge in [-0.05, 0) is 31.9 Å². The van der Waals surface area contributed by atoms with Crippen molar-refractivity contribution in [1.29, 1.82) is 0 Å². The summed E-state index contributed by atoms with van der Waals surface area (Å²) in [5.74, 6) is -0.259. The minimum atomic E-state index is -0.473. The molecule has 2 rings (SSSR count). The SMILES string of the molecule is Cc1cc(C(=O)NC2CC(O)C2)ccc1[N+](=O)[O-]. The molecule has 1 aromatic carbocycles. The first-order valence-electron chi connectivity index (χ1n) is 5.71. The number of benzene rings is 1. The molecule has 0 saturated heterocycles. The molecule has 1 fully saturated rings. The van der Waals surface area contributed by atoms with Crippen molar-refractivity contribution < 1.29 is 14.8 Å². The van der Waals surface area contributed by atoms with Gasteiger partial charge in [0.05, 0.1) is 11.0 Å². The quantitative estimate of drug-likeness (QED) is 0.621.